The lowest BCUT2D eigenvalue weighted by Crippen LogP contribution is -2.28. The van der Waals surface area contributed by atoms with Gasteiger partial charge in [0, 0.05) is 0 Å². The Morgan fingerprint density at radius 3 is 0.857 bits per heavy atom. The molecule has 0 aliphatic heterocycles. The minimum Gasteiger partial charge on any atom is -0.211 e. The predicted octanol–water partition coefficient (Wildman–Crippen LogP) is 5.48. The predicted molar refractivity (Wildman–Crippen MR) is 92.1 cm³/mol. The van der Waals surface area contributed by atoms with Crippen LogP contribution in [0.5, 0.6) is 0 Å². The summed E-state index contributed by atoms with van der Waals surface area (Å²) in [6, 6.07) is 0. The summed E-state index contributed by atoms with van der Waals surface area (Å²) in [6.45, 7) is 0. The van der Waals surface area contributed by atoms with E-state index in [9.17, 15) is 0 Å². The molecule has 0 saturated carbocycles. The molecule has 21 heavy (non-hydrogen) atoms. The molecular formula is C9H6Cl9N3. The summed E-state index contributed by atoms with van der Waals surface area (Å²) in [4.78, 5) is 12.0. The summed E-state index contributed by atoms with van der Waals surface area (Å²) < 4.78 is -4.87. The van der Waals surface area contributed by atoms with Crippen LogP contribution in [0.4, 0.5) is 0 Å². The van der Waals surface area contributed by atoms with Crippen LogP contribution in [0, 0.1) is 0 Å². The van der Waals surface area contributed by atoms with Gasteiger partial charge in [-0.2, -0.15) is 0 Å². The van der Waals surface area contributed by atoms with Gasteiger partial charge in [0.15, 0.2) is 30.5 Å². The van der Waals surface area contributed by atoms with Crippen LogP contribution in [0.3, 0.4) is 0 Å². The Kier molecular flexibility index (Phi) is 7.55. The Morgan fingerprint density at radius 2 is 0.714 bits per heavy atom. The first-order valence-electron chi connectivity index (χ1n) is 5.09. The molecular weight excluding hydrogens is 469 g/mol. The van der Waals surface area contributed by atoms with Crippen molar-refractivity contribution < 1.29 is 0 Å². The molecule has 0 N–H and O–H groups in total. The third kappa shape index (κ3) is 5.04. The number of rotatable bonds is 6. The first-order chi connectivity index (χ1) is 9.50. The lowest BCUT2D eigenvalue weighted by Gasteiger charge is -2.23. The second kappa shape index (κ2) is 7.67. The molecule has 0 amide bonds. The fourth-order valence-electron chi connectivity index (χ4n) is 1.05. The van der Waals surface area contributed by atoms with Crippen LogP contribution in [0.1, 0.15) is 17.5 Å². The second-order valence-corrected chi connectivity index (χ2v) is 9.07. The van der Waals surface area contributed by atoms with E-state index >= 15 is 0 Å². The summed E-state index contributed by atoms with van der Waals surface area (Å²) >= 11 is 53.2. The molecule has 1 aromatic heterocycles. The fraction of sp³-hybridized carbons (Fsp3) is 0.667. The van der Waals surface area contributed by atoms with E-state index in [1.54, 1.807) is 0 Å². The van der Waals surface area contributed by atoms with Crippen molar-refractivity contribution in [3.05, 3.63) is 17.5 Å². The molecule has 1 rings (SSSR count). The Balaban J connectivity index is 3.55. The molecule has 0 bridgehead atoms. The molecule has 0 unspecified atom stereocenters. The minimum absolute atomic E-state index is 0.118. The van der Waals surface area contributed by atoms with Crippen LogP contribution in [-0.2, 0) is 13.0 Å². The zero-order chi connectivity index (χ0) is 16.5. The monoisotopic (exact) mass is 471 g/mol. The van der Waals surface area contributed by atoms with Gasteiger partial charge in [-0.05, 0) is 0 Å². The molecule has 0 saturated heterocycles. The smallest absolute Gasteiger partial charge is 0.190 e. The van der Waals surface area contributed by atoms with Gasteiger partial charge in [0.1, 0.15) is 0 Å². The van der Waals surface area contributed by atoms with Gasteiger partial charge in [0.05, 0.1) is 17.6 Å². The van der Waals surface area contributed by atoms with Gasteiger partial charge in [-0.1, -0.05) is 69.6 Å². The van der Waals surface area contributed by atoms with Crippen LogP contribution in [0.2, 0.25) is 0 Å². The van der Waals surface area contributed by atoms with Crippen molar-refractivity contribution in [3.8, 4) is 0 Å². The first-order valence-corrected chi connectivity index (χ1v) is 8.96. The Labute approximate surface area is 166 Å². The topological polar surface area (TPSA) is 38.7 Å². The van der Waals surface area contributed by atoms with Gasteiger partial charge in [-0.25, -0.2) is 15.0 Å². The highest BCUT2D eigenvalue weighted by atomic mass is 35.5. The van der Waals surface area contributed by atoms with E-state index in [4.69, 9.17) is 104 Å². The Hall–Kier alpha value is 1.62. The van der Waals surface area contributed by atoms with Crippen molar-refractivity contribution in [2.75, 3.05) is 17.6 Å². The maximum absolute atomic E-state index is 6.02. The largest absolute Gasteiger partial charge is 0.211 e. The molecule has 0 aromatic carbocycles. The Bertz CT molecular complexity index is 421. The Morgan fingerprint density at radius 1 is 0.524 bits per heavy atom. The molecule has 1 heterocycles. The van der Waals surface area contributed by atoms with E-state index in [0.29, 0.717) is 0 Å². The van der Waals surface area contributed by atoms with E-state index in [2.05, 4.69) is 15.0 Å². The maximum atomic E-state index is 6.02. The van der Waals surface area contributed by atoms with Crippen LogP contribution in [-0.4, -0.2) is 32.6 Å². The highest BCUT2D eigenvalue weighted by molar-refractivity contribution is 6.52. The highest BCUT2D eigenvalue weighted by Crippen LogP contribution is 2.40. The summed E-state index contributed by atoms with van der Waals surface area (Å²) in [5.74, 6) is -0.992. The lowest BCUT2D eigenvalue weighted by atomic mass is 10.3. The standard InChI is InChI=1S/C9H6Cl9N3/c10-1-7(13,14)4-19-5(8(15,16)2-11)21-6(20-4)9(17,18)3-12/h1-3H2. The van der Waals surface area contributed by atoms with Crippen molar-refractivity contribution in [3.63, 3.8) is 0 Å². The number of alkyl halides is 9. The van der Waals surface area contributed by atoms with E-state index in [-0.39, 0.29) is 35.1 Å². The summed E-state index contributed by atoms with van der Waals surface area (Å²) in [6.07, 6.45) is 0. The highest BCUT2D eigenvalue weighted by Gasteiger charge is 2.39. The first kappa shape index (κ1) is 20.7. The van der Waals surface area contributed by atoms with E-state index in [1.807, 2.05) is 0 Å². The summed E-state index contributed by atoms with van der Waals surface area (Å²) in [7, 11) is 0. The van der Waals surface area contributed by atoms with E-state index < -0.39 is 13.0 Å². The normalized spacial score (nSPS) is 13.6. The molecule has 3 nitrogen and oxygen atoms in total. The van der Waals surface area contributed by atoms with Gasteiger partial charge in [0.2, 0.25) is 0 Å². The molecule has 0 radical (unpaired) electrons. The van der Waals surface area contributed by atoms with Crippen LogP contribution in [0.15, 0.2) is 0 Å². The SMILES string of the molecule is ClCC(Cl)(Cl)c1nc(C(Cl)(Cl)CCl)nc(C(Cl)(Cl)CCl)n1. The molecule has 0 aliphatic rings. The summed E-state index contributed by atoms with van der Waals surface area (Å²) in [5.41, 5.74) is 0. The van der Waals surface area contributed by atoms with Gasteiger partial charge in [-0.15, -0.1) is 34.8 Å². The van der Waals surface area contributed by atoms with Crippen LogP contribution < -0.4 is 0 Å². The third-order valence-corrected chi connectivity index (χ3v) is 5.96. The van der Waals surface area contributed by atoms with Gasteiger partial charge in [0.25, 0.3) is 0 Å². The van der Waals surface area contributed by atoms with Crippen LogP contribution >= 0.6 is 104 Å². The minimum atomic E-state index is -1.62. The zero-order valence-corrected chi connectivity index (χ0v) is 16.7. The van der Waals surface area contributed by atoms with Crippen molar-refractivity contribution in [1.29, 1.82) is 0 Å². The maximum Gasteiger partial charge on any atom is 0.190 e. The molecule has 0 spiro atoms. The van der Waals surface area contributed by atoms with Crippen molar-refractivity contribution >= 4 is 104 Å². The van der Waals surface area contributed by atoms with E-state index in [1.165, 1.54) is 0 Å². The average molecular weight is 475 g/mol. The molecule has 12 heteroatoms. The third-order valence-electron chi connectivity index (χ3n) is 2.12. The van der Waals surface area contributed by atoms with Gasteiger partial charge < -0.3 is 0 Å². The van der Waals surface area contributed by atoms with Crippen molar-refractivity contribution in [2.24, 2.45) is 0 Å². The number of hydrogen-bond acceptors (Lipinski definition) is 3. The molecule has 0 aliphatic carbocycles. The molecule has 120 valence electrons. The fourth-order valence-corrected chi connectivity index (χ4v) is 1.91. The second-order valence-electron chi connectivity index (χ2n) is 3.82. The quantitative estimate of drug-likeness (QED) is 0.512. The average Bonchev–Trinajstić information content (AvgIpc) is 2.46. The summed E-state index contributed by atoms with van der Waals surface area (Å²) in [5, 5.41) is 0. The zero-order valence-electron chi connectivity index (χ0n) is 9.86. The van der Waals surface area contributed by atoms with Gasteiger partial charge in [-0.3, -0.25) is 0 Å². The van der Waals surface area contributed by atoms with E-state index in [0.717, 1.165) is 0 Å². The number of aromatic nitrogens is 3. The number of halogens is 9. The molecule has 0 atom stereocenters. The van der Waals surface area contributed by atoms with Crippen LogP contribution in [0.25, 0.3) is 0 Å². The number of nitrogens with zero attached hydrogens (tertiary/aromatic N) is 3. The molecule has 0 fully saturated rings. The van der Waals surface area contributed by atoms with Gasteiger partial charge >= 0.3 is 0 Å². The number of hydrogen-bond donors (Lipinski definition) is 0. The molecule has 1 aromatic rings. The van der Waals surface area contributed by atoms with Crippen molar-refractivity contribution in [2.45, 2.75) is 13.0 Å². The lowest BCUT2D eigenvalue weighted by molar-refractivity contribution is 0.696. The van der Waals surface area contributed by atoms with Crippen molar-refractivity contribution in [1.82, 2.24) is 15.0 Å².